The van der Waals surface area contributed by atoms with Gasteiger partial charge in [-0.2, -0.15) is 0 Å². The molecular formula is C15H24O3. The van der Waals surface area contributed by atoms with Gasteiger partial charge in [0.2, 0.25) is 0 Å². The summed E-state index contributed by atoms with van der Waals surface area (Å²) in [6.07, 6.45) is 0.305. The molecule has 0 saturated heterocycles. The Kier molecular flexibility index (Phi) is 5.99. The van der Waals surface area contributed by atoms with Crippen molar-refractivity contribution in [2.45, 2.75) is 40.2 Å². The summed E-state index contributed by atoms with van der Waals surface area (Å²) in [7, 11) is 0. The van der Waals surface area contributed by atoms with Gasteiger partial charge in [0, 0.05) is 0 Å². The van der Waals surface area contributed by atoms with Gasteiger partial charge < -0.3 is 14.6 Å². The van der Waals surface area contributed by atoms with Gasteiger partial charge in [-0.15, -0.1) is 0 Å². The molecule has 0 aliphatic heterocycles. The smallest absolute Gasteiger partial charge is 0.161 e. The van der Waals surface area contributed by atoms with Gasteiger partial charge in [0.1, 0.15) is 0 Å². The molecule has 0 aliphatic rings. The van der Waals surface area contributed by atoms with E-state index in [4.69, 9.17) is 9.47 Å². The molecule has 0 aliphatic carbocycles. The van der Waals surface area contributed by atoms with Gasteiger partial charge in [-0.25, -0.2) is 0 Å². The number of rotatable bonds is 7. The molecule has 3 nitrogen and oxygen atoms in total. The maximum Gasteiger partial charge on any atom is 0.161 e. The van der Waals surface area contributed by atoms with Gasteiger partial charge in [-0.05, 0) is 43.9 Å². The molecule has 102 valence electrons. The number of ether oxygens (including phenoxy) is 2. The summed E-state index contributed by atoms with van der Waals surface area (Å²) >= 11 is 0. The topological polar surface area (TPSA) is 38.7 Å². The molecule has 0 radical (unpaired) electrons. The second kappa shape index (κ2) is 7.27. The summed E-state index contributed by atoms with van der Waals surface area (Å²) in [5.74, 6) is 1.90. The lowest BCUT2D eigenvalue weighted by atomic mass is 9.99. The molecule has 1 N–H and O–H groups in total. The van der Waals surface area contributed by atoms with Crippen molar-refractivity contribution in [2.75, 3.05) is 13.2 Å². The SMILES string of the molecule is CCOc1ccc(C(O)CC(C)C)cc1OCC. The van der Waals surface area contributed by atoms with Gasteiger partial charge in [-0.1, -0.05) is 19.9 Å². The van der Waals surface area contributed by atoms with Gasteiger partial charge in [0.25, 0.3) is 0 Å². The van der Waals surface area contributed by atoms with Crippen LogP contribution >= 0.6 is 0 Å². The first kappa shape index (κ1) is 14.8. The zero-order valence-electron chi connectivity index (χ0n) is 11.8. The lowest BCUT2D eigenvalue weighted by Gasteiger charge is -2.16. The van der Waals surface area contributed by atoms with Crippen LogP contribution in [-0.2, 0) is 0 Å². The molecule has 0 spiro atoms. The summed E-state index contributed by atoms with van der Waals surface area (Å²) in [6.45, 7) is 9.27. The first-order valence-electron chi connectivity index (χ1n) is 6.66. The summed E-state index contributed by atoms with van der Waals surface area (Å²) in [6, 6.07) is 5.65. The first-order valence-corrected chi connectivity index (χ1v) is 6.66. The fourth-order valence-corrected chi connectivity index (χ4v) is 1.86. The fraction of sp³-hybridized carbons (Fsp3) is 0.600. The molecule has 1 aromatic rings. The number of benzene rings is 1. The van der Waals surface area contributed by atoms with E-state index in [0.29, 0.717) is 24.9 Å². The lowest BCUT2D eigenvalue weighted by molar-refractivity contribution is 0.150. The van der Waals surface area contributed by atoms with E-state index in [2.05, 4.69) is 13.8 Å². The highest BCUT2D eigenvalue weighted by atomic mass is 16.5. The van der Waals surface area contributed by atoms with E-state index in [1.165, 1.54) is 0 Å². The van der Waals surface area contributed by atoms with Crippen LogP contribution in [0.3, 0.4) is 0 Å². The molecular weight excluding hydrogens is 228 g/mol. The Morgan fingerprint density at radius 2 is 1.67 bits per heavy atom. The standard InChI is InChI=1S/C15H24O3/c1-5-17-14-8-7-12(10-15(14)18-6-2)13(16)9-11(3)4/h7-8,10-11,13,16H,5-6,9H2,1-4H3. The van der Waals surface area contributed by atoms with Gasteiger partial charge in [0.15, 0.2) is 11.5 Å². The van der Waals surface area contributed by atoms with E-state index >= 15 is 0 Å². The monoisotopic (exact) mass is 252 g/mol. The Bertz CT molecular complexity index is 361. The van der Waals surface area contributed by atoms with E-state index in [-0.39, 0.29) is 0 Å². The molecule has 1 rings (SSSR count). The average molecular weight is 252 g/mol. The predicted octanol–water partition coefficient (Wildman–Crippen LogP) is 3.56. The van der Waals surface area contributed by atoms with E-state index in [0.717, 1.165) is 17.7 Å². The number of hydrogen-bond donors (Lipinski definition) is 1. The Morgan fingerprint density at radius 1 is 1.06 bits per heavy atom. The summed E-state index contributed by atoms with van der Waals surface area (Å²) in [5, 5.41) is 10.1. The van der Waals surface area contributed by atoms with Crippen LogP contribution in [0.4, 0.5) is 0 Å². The van der Waals surface area contributed by atoms with Crippen molar-refractivity contribution in [3.05, 3.63) is 23.8 Å². The average Bonchev–Trinajstić information content (AvgIpc) is 2.31. The zero-order valence-corrected chi connectivity index (χ0v) is 11.8. The van der Waals surface area contributed by atoms with Crippen LogP contribution in [0.15, 0.2) is 18.2 Å². The second-order valence-corrected chi connectivity index (χ2v) is 4.72. The van der Waals surface area contributed by atoms with Crippen LogP contribution < -0.4 is 9.47 Å². The number of aliphatic hydroxyl groups excluding tert-OH is 1. The van der Waals surface area contributed by atoms with Crippen LogP contribution in [0.2, 0.25) is 0 Å². The van der Waals surface area contributed by atoms with Crippen LogP contribution in [0.25, 0.3) is 0 Å². The lowest BCUT2D eigenvalue weighted by Crippen LogP contribution is -2.04. The molecule has 1 aromatic carbocycles. The van der Waals surface area contributed by atoms with Crippen molar-refractivity contribution < 1.29 is 14.6 Å². The molecule has 0 bridgehead atoms. The van der Waals surface area contributed by atoms with Crippen molar-refractivity contribution in [3.8, 4) is 11.5 Å². The third kappa shape index (κ3) is 4.22. The third-order valence-electron chi connectivity index (χ3n) is 2.65. The van der Waals surface area contributed by atoms with Crippen LogP contribution in [0.5, 0.6) is 11.5 Å². The van der Waals surface area contributed by atoms with E-state index in [1.807, 2.05) is 32.0 Å². The fourth-order valence-electron chi connectivity index (χ4n) is 1.86. The van der Waals surface area contributed by atoms with E-state index in [9.17, 15) is 5.11 Å². The maximum atomic E-state index is 10.1. The van der Waals surface area contributed by atoms with Crippen molar-refractivity contribution in [1.82, 2.24) is 0 Å². The number of aliphatic hydroxyl groups is 1. The molecule has 1 unspecified atom stereocenters. The predicted molar refractivity (Wildman–Crippen MR) is 73.2 cm³/mol. The molecule has 0 amide bonds. The molecule has 0 aromatic heterocycles. The highest BCUT2D eigenvalue weighted by Gasteiger charge is 2.13. The Labute approximate surface area is 110 Å². The Balaban J connectivity index is 2.91. The summed E-state index contributed by atoms with van der Waals surface area (Å²) in [4.78, 5) is 0. The minimum Gasteiger partial charge on any atom is -0.490 e. The van der Waals surface area contributed by atoms with E-state index in [1.54, 1.807) is 0 Å². The van der Waals surface area contributed by atoms with Gasteiger partial charge >= 0.3 is 0 Å². The molecule has 0 heterocycles. The Morgan fingerprint density at radius 3 is 2.22 bits per heavy atom. The molecule has 1 atom stereocenters. The van der Waals surface area contributed by atoms with Gasteiger partial charge in [-0.3, -0.25) is 0 Å². The minimum atomic E-state index is -0.445. The minimum absolute atomic E-state index is 0.445. The van der Waals surface area contributed by atoms with Gasteiger partial charge in [0.05, 0.1) is 19.3 Å². The van der Waals surface area contributed by atoms with Crippen molar-refractivity contribution in [2.24, 2.45) is 5.92 Å². The highest BCUT2D eigenvalue weighted by Crippen LogP contribution is 2.32. The van der Waals surface area contributed by atoms with Crippen molar-refractivity contribution in [1.29, 1.82) is 0 Å². The number of hydrogen-bond acceptors (Lipinski definition) is 3. The van der Waals surface area contributed by atoms with Crippen LogP contribution in [-0.4, -0.2) is 18.3 Å². The molecule has 3 heteroatoms. The molecule has 0 fully saturated rings. The summed E-state index contributed by atoms with van der Waals surface area (Å²) < 4.78 is 11.0. The molecule has 0 saturated carbocycles. The molecule has 18 heavy (non-hydrogen) atoms. The van der Waals surface area contributed by atoms with Crippen molar-refractivity contribution >= 4 is 0 Å². The first-order chi connectivity index (χ1) is 8.58. The third-order valence-corrected chi connectivity index (χ3v) is 2.65. The van der Waals surface area contributed by atoms with Crippen molar-refractivity contribution in [3.63, 3.8) is 0 Å². The van der Waals surface area contributed by atoms with E-state index < -0.39 is 6.10 Å². The van der Waals surface area contributed by atoms with Crippen LogP contribution in [0, 0.1) is 5.92 Å². The second-order valence-electron chi connectivity index (χ2n) is 4.72. The quantitative estimate of drug-likeness (QED) is 0.806. The maximum absolute atomic E-state index is 10.1. The Hall–Kier alpha value is -1.22. The highest BCUT2D eigenvalue weighted by molar-refractivity contribution is 5.43. The largest absolute Gasteiger partial charge is 0.490 e. The normalized spacial score (nSPS) is 12.6. The zero-order chi connectivity index (χ0) is 13.5. The van der Waals surface area contributed by atoms with Crippen LogP contribution in [0.1, 0.15) is 45.8 Å². The summed E-state index contributed by atoms with van der Waals surface area (Å²) in [5.41, 5.74) is 0.885.